The Bertz CT molecular complexity index is 1080. The van der Waals surface area contributed by atoms with Crippen LogP contribution in [0, 0.1) is 0 Å². The lowest BCUT2D eigenvalue weighted by Crippen LogP contribution is -2.34. The summed E-state index contributed by atoms with van der Waals surface area (Å²) in [6.07, 6.45) is 9.33. The Morgan fingerprint density at radius 1 is 1.11 bits per heavy atom. The lowest BCUT2D eigenvalue weighted by Gasteiger charge is -2.28. The van der Waals surface area contributed by atoms with Crippen LogP contribution < -0.4 is 5.32 Å². The molecule has 1 saturated carbocycles. The first kappa shape index (κ1) is 17.6. The third-order valence-corrected chi connectivity index (χ3v) is 6.12. The van der Waals surface area contributed by atoms with Gasteiger partial charge in [-0.05, 0) is 62.4 Å². The normalized spacial score (nSPS) is 20.2. The zero-order valence-corrected chi connectivity index (χ0v) is 16.4. The molecule has 28 heavy (non-hydrogen) atoms. The fraction of sp³-hybridized carbons (Fsp3) is 0.381. The van der Waals surface area contributed by atoms with Crippen LogP contribution in [-0.4, -0.2) is 37.4 Å². The van der Waals surface area contributed by atoms with Crippen LogP contribution in [0.15, 0.2) is 42.9 Å². The van der Waals surface area contributed by atoms with Crippen molar-refractivity contribution in [3.8, 4) is 0 Å². The maximum absolute atomic E-state index is 5.95. The standard InChI is InChI=1S/C21H23ClN6/c22-16-5-1-14(2-6-16)9-11-23-17-7-3-15(4-8-17)19-20-18-10-12-24-21(18)25-13-28(20)27-26-19/h1-2,5-6,10,12-13,15,17,23-24H,3-4,7-9,11H2. The van der Waals surface area contributed by atoms with Crippen molar-refractivity contribution in [1.82, 2.24) is 30.1 Å². The van der Waals surface area contributed by atoms with E-state index in [1.165, 1.54) is 18.4 Å². The number of rotatable bonds is 5. The largest absolute Gasteiger partial charge is 0.346 e. The lowest BCUT2D eigenvalue weighted by atomic mass is 9.83. The highest BCUT2D eigenvalue weighted by atomic mass is 35.5. The second-order valence-corrected chi connectivity index (χ2v) is 8.07. The molecule has 6 nitrogen and oxygen atoms in total. The lowest BCUT2D eigenvalue weighted by molar-refractivity contribution is 0.342. The van der Waals surface area contributed by atoms with Crippen LogP contribution in [0.4, 0.5) is 0 Å². The molecule has 0 spiro atoms. The average molecular weight is 395 g/mol. The van der Waals surface area contributed by atoms with Gasteiger partial charge in [-0.25, -0.2) is 9.50 Å². The van der Waals surface area contributed by atoms with Crippen LogP contribution in [0.3, 0.4) is 0 Å². The fourth-order valence-corrected chi connectivity index (χ4v) is 4.46. The van der Waals surface area contributed by atoms with Gasteiger partial charge < -0.3 is 10.3 Å². The molecule has 3 aromatic heterocycles. The Labute approximate surface area is 168 Å². The maximum atomic E-state index is 5.95. The van der Waals surface area contributed by atoms with Crippen molar-refractivity contribution in [3.05, 3.63) is 59.1 Å². The molecule has 0 saturated heterocycles. The summed E-state index contributed by atoms with van der Waals surface area (Å²) in [6, 6.07) is 10.8. The Morgan fingerprint density at radius 3 is 2.75 bits per heavy atom. The molecule has 1 aromatic carbocycles. The quantitative estimate of drug-likeness (QED) is 0.534. The molecule has 1 fully saturated rings. The molecule has 5 rings (SSSR count). The van der Waals surface area contributed by atoms with E-state index in [1.807, 2.05) is 22.8 Å². The Morgan fingerprint density at radius 2 is 1.93 bits per heavy atom. The minimum absolute atomic E-state index is 0.465. The van der Waals surface area contributed by atoms with Crippen molar-refractivity contribution in [2.24, 2.45) is 0 Å². The van der Waals surface area contributed by atoms with E-state index in [4.69, 9.17) is 11.6 Å². The summed E-state index contributed by atoms with van der Waals surface area (Å²) < 4.78 is 1.81. The van der Waals surface area contributed by atoms with Crippen LogP contribution in [0.5, 0.6) is 0 Å². The Balaban J connectivity index is 1.21. The number of fused-ring (bicyclic) bond motifs is 3. The molecule has 0 aliphatic heterocycles. The molecular weight excluding hydrogens is 372 g/mol. The Hall–Kier alpha value is -2.44. The second-order valence-electron chi connectivity index (χ2n) is 7.63. The molecule has 1 aliphatic rings. The van der Waals surface area contributed by atoms with Crippen LogP contribution in [0.25, 0.3) is 16.6 Å². The van der Waals surface area contributed by atoms with E-state index in [-0.39, 0.29) is 0 Å². The van der Waals surface area contributed by atoms with Crippen molar-refractivity contribution in [1.29, 1.82) is 0 Å². The van der Waals surface area contributed by atoms with Gasteiger partial charge in [0.05, 0.1) is 5.69 Å². The molecule has 2 N–H and O–H groups in total. The molecule has 0 atom stereocenters. The summed E-state index contributed by atoms with van der Waals surface area (Å²) in [5.74, 6) is 0.465. The average Bonchev–Trinajstić information content (AvgIpc) is 3.36. The summed E-state index contributed by atoms with van der Waals surface area (Å²) in [7, 11) is 0. The fourth-order valence-electron chi connectivity index (χ4n) is 4.34. The van der Waals surface area contributed by atoms with Crippen molar-refractivity contribution in [2.45, 2.75) is 44.1 Å². The molecule has 1 aliphatic carbocycles. The van der Waals surface area contributed by atoms with Gasteiger partial charge in [0.1, 0.15) is 17.5 Å². The molecule has 4 aromatic rings. The number of aromatic amines is 1. The SMILES string of the molecule is Clc1ccc(CCNC2CCC(c3nnn4cnc5[nH]ccc5c34)CC2)cc1. The summed E-state index contributed by atoms with van der Waals surface area (Å²) in [4.78, 5) is 7.57. The zero-order chi connectivity index (χ0) is 18.9. The number of hydrogen-bond acceptors (Lipinski definition) is 4. The molecule has 0 bridgehead atoms. The van der Waals surface area contributed by atoms with Crippen LogP contribution in [-0.2, 0) is 6.42 Å². The van der Waals surface area contributed by atoms with E-state index in [2.05, 4.69) is 43.8 Å². The van der Waals surface area contributed by atoms with Gasteiger partial charge >= 0.3 is 0 Å². The van der Waals surface area contributed by atoms with Crippen LogP contribution in [0.2, 0.25) is 5.02 Å². The number of H-pyrrole nitrogens is 1. The minimum Gasteiger partial charge on any atom is -0.346 e. The van der Waals surface area contributed by atoms with E-state index < -0.39 is 0 Å². The maximum Gasteiger partial charge on any atom is 0.141 e. The third-order valence-electron chi connectivity index (χ3n) is 5.87. The predicted molar refractivity (Wildman–Crippen MR) is 111 cm³/mol. The van der Waals surface area contributed by atoms with Gasteiger partial charge in [-0.1, -0.05) is 28.9 Å². The van der Waals surface area contributed by atoms with Crippen LogP contribution >= 0.6 is 11.6 Å². The van der Waals surface area contributed by atoms with Crippen LogP contribution in [0.1, 0.15) is 42.9 Å². The third kappa shape index (κ3) is 3.38. The number of aromatic nitrogens is 5. The van der Waals surface area contributed by atoms with E-state index in [9.17, 15) is 0 Å². The first-order valence-corrected chi connectivity index (χ1v) is 10.3. The number of halogens is 1. The molecule has 0 amide bonds. The first-order chi connectivity index (χ1) is 13.8. The van der Waals surface area contributed by atoms with Gasteiger partial charge in [0.15, 0.2) is 0 Å². The van der Waals surface area contributed by atoms with Gasteiger partial charge in [0.25, 0.3) is 0 Å². The number of hydrogen-bond donors (Lipinski definition) is 2. The highest BCUT2D eigenvalue weighted by Gasteiger charge is 2.26. The van der Waals surface area contributed by atoms with Crippen molar-refractivity contribution < 1.29 is 0 Å². The minimum atomic E-state index is 0.465. The summed E-state index contributed by atoms with van der Waals surface area (Å²) in [6.45, 7) is 1.00. The van der Waals surface area contributed by atoms with Crippen molar-refractivity contribution in [3.63, 3.8) is 0 Å². The van der Waals surface area contributed by atoms with E-state index in [1.54, 1.807) is 6.33 Å². The summed E-state index contributed by atoms with van der Waals surface area (Å²) in [5.41, 5.74) is 4.44. The zero-order valence-electron chi connectivity index (χ0n) is 15.6. The molecule has 144 valence electrons. The number of nitrogens with zero attached hydrogens (tertiary/aromatic N) is 4. The first-order valence-electron chi connectivity index (χ1n) is 9.93. The summed E-state index contributed by atoms with van der Waals surface area (Å²) in [5, 5.41) is 14.4. The topological polar surface area (TPSA) is 70.9 Å². The molecular formula is C21H23ClN6. The highest BCUT2D eigenvalue weighted by molar-refractivity contribution is 6.30. The molecule has 3 heterocycles. The van der Waals surface area contributed by atoms with E-state index in [0.717, 1.165) is 53.1 Å². The molecule has 0 radical (unpaired) electrons. The van der Waals surface area contributed by atoms with Gasteiger partial charge in [0, 0.05) is 28.6 Å². The van der Waals surface area contributed by atoms with Gasteiger partial charge in [0.2, 0.25) is 0 Å². The predicted octanol–water partition coefficient (Wildman–Crippen LogP) is 4.12. The number of benzene rings is 1. The van der Waals surface area contributed by atoms with Gasteiger partial charge in [-0.3, -0.25) is 0 Å². The van der Waals surface area contributed by atoms with E-state index >= 15 is 0 Å². The smallest absolute Gasteiger partial charge is 0.141 e. The van der Waals surface area contributed by atoms with Crippen molar-refractivity contribution >= 4 is 28.2 Å². The summed E-state index contributed by atoms with van der Waals surface area (Å²) >= 11 is 5.95. The Kier molecular flexibility index (Phi) is 4.74. The molecule has 7 heteroatoms. The van der Waals surface area contributed by atoms with E-state index in [0.29, 0.717) is 12.0 Å². The van der Waals surface area contributed by atoms with Gasteiger partial charge in [-0.15, -0.1) is 5.10 Å². The van der Waals surface area contributed by atoms with Crippen molar-refractivity contribution in [2.75, 3.05) is 6.54 Å². The monoisotopic (exact) mass is 394 g/mol. The molecule has 0 unspecified atom stereocenters. The van der Waals surface area contributed by atoms with Gasteiger partial charge in [-0.2, -0.15) is 0 Å². The highest BCUT2D eigenvalue weighted by Crippen LogP contribution is 2.35. The number of nitrogens with one attached hydrogen (secondary N) is 2. The second kappa shape index (κ2) is 7.53.